The van der Waals surface area contributed by atoms with Crippen molar-refractivity contribution in [2.24, 2.45) is 0 Å². The lowest BCUT2D eigenvalue weighted by atomic mass is 10.1. The molecule has 0 bridgehead atoms. The number of hydrogen-bond donors (Lipinski definition) is 2. The number of carbonyl (C=O) groups excluding carboxylic acids is 1. The molecule has 2 aromatic carbocycles. The van der Waals surface area contributed by atoms with E-state index in [0.29, 0.717) is 6.61 Å². The fourth-order valence-electron chi connectivity index (χ4n) is 2.93. The number of amides is 2. The molecular weight excluding hydrogens is 370 g/mol. The number of aromatic nitrogens is 1. The number of pyridine rings is 1. The van der Waals surface area contributed by atoms with E-state index in [1.165, 1.54) is 5.56 Å². The lowest BCUT2D eigenvalue weighted by Gasteiger charge is -2.19. The highest BCUT2D eigenvalue weighted by molar-refractivity contribution is 7.98. The number of ether oxygens (including phenoxy) is 1. The van der Waals surface area contributed by atoms with Crippen LogP contribution in [0.3, 0.4) is 0 Å². The molecule has 1 aromatic heterocycles. The van der Waals surface area contributed by atoms with E-state index in [-0.39, 0.29) is 12.1 Å². The molecule has 2 amide bonds. The first-order valence-electron chi connectivity index (χ1n) is 9.24. The minimum atomic E-state index is -0.210. The van der Waals surface area contributed by atoms with Gasteiger partial charge in [-0.2, -0.15) is 11.8 Å². The first-order valence-corrected chi connectivity index (χ1v) is 10.6. The molecule has 6 heteroatoms. The zero-order chi connectivity index (χ0) is 19.8. The fourth-order valence-corrected chi connectivity index (χ4v) is 3.58. The van der Waals surface area contributed by atoms with Crippen molar-refractivity contribution in [2.45, 2.75) is 19.4 Å². The number of hydrogen-bond acceptors (Lipinski definition) is 4. The Hall–Kier alpha value is -2.73. The minimum Gasteiger partial charge on any atom is -0.494 e. The Morgan fingerprint density at radius 2 is 2.00 bits per heavy atom. The van der Waals surface area contributed by atoms with Crippen LogP contribution in [0.1, 0.15) is 12.0 Å². The smallest absolute Gasteiger partial charge is 0.319 e. The first kappa shape index (κ1) is 20.0. The van der Waals surface area contributed by atoms with Crippen molar-refractivity contribution in [3.8, 4) is 5.75 Å². The highest BCUT2D eigenvalue weighted by atomic mass is 32.2. The van der Waals surface area contributed by atoms with Gasteiger partial charge in [-0.25, -0.2) is 4.79 Å². The van der Waals surface area contributed by atoms with Gasteiger partial charge in [0.05, 0.1) is 12.3 Å². The summed E-state index contributed by atoms with van der Waals surface area (Å²) in [6.45, 7) is 2.60. The molecular formula is C22H25N3O2S. The summed E-state index contributed by atoms with van der Waals surface area (Å²) in [7, 11) is 0. The van der Waals surface area contributed by atoms with Gasteiger partial charge in [-0.05, 0) is 37.4 Å². The average Bonchev–Trinajstić information content (AvgIpc) is 2.70. The summed E-state index contributed by atoms with van der Waals surface area (Å²) in [5, 5.41) is 7.98. The van der Waals surface area contributed by atoms with Crippen LogP contribution in [-0.2, 0) is 0 Å². The molecule has 0 aliphatic carbocycles. The van der Waals surface area contributed by atoms with Gasteiger partial charge in [-0.3, -0.25) is 4.98 Å². The number of fused-ring (bicyclic) bond motifs is 1. The highest BCUT2D eigenvalue weighted by Crippen LogP contribution is 2.22. The highest BCUT2D eigenvalue weighted by Gasteiger charge is 2.13. The molecule has 0 radical (unpaired) electrons. The van der Waals surface area contributed by atoms with Crippen LogP contribution in [0.25, 0.3) is 10.8 Å². The Labute approximate surface area is 169 Å². The van der Waals surface area contributed by atoms with Crippen molar-refractivity contribution in [3.05, 3.63) is 66.5 Å². The van der Waals surface area contributed by atoms with Gasteiger partial charge in [-0.15, -0.1) is 0 Å². The number of anilines is 1. The largest absolute Gasteiger partial charge is 0.494 e. The van der Waals surface area contributed by atoms with E-state index < -0.39 is 0 Å². The summed E-state index contributed by atoms with van der Waals surface area (Å²) < 4.78 is 5.81. The molecule has 2 N–H and O–H groups in total. The molecule has 1 atom stereocenters. The monoisotopic (exact) mass is 395 g/mol. The summed E-state index contributed by atoms with van der Waals surface area (Å²) >= 11 is 1.70. The predicted octanol–water partition coefficient (Wildman–Crippen LogP) is 4.87. The van der Waals surface area contributed by atoms with E-state index in [9.17, 15) is 4.79 Å². The van der Waals surface area contributed by atoms with Gasteiger partial charge in [0, 0.05) is 41.4 Å². The SMILES string of the molecule is CSC[C@H](CCOc1ccc(C)cc1)NC(=O)Nc1cccc2cnccc12. The molecule has 1 heterocycles. The Kier molecular flexibility index (Phi) is 7.14. The van der Waals surface area contributed by atoms with Crippen LogP contribution in [0.2, 0.25) is 0 Å². The number of thioether (sulfide) groups is 1. The van der Waals surface area contributed by atoms with Crippen molar-refractivity contribution < 1.29 is 9.53 Å². The van der Waals surface area contributed by atoms with Gasteiger partial charge in [0.1, 0.15) is 5.75 Å². The fraction of sp³-hybridized carbons (Fsp3) is 0.273. The van der Waals surface area contributed by atoms with Crippen LogP contribution in [0.15, 0.2) is 60.9 Å². The number of carbonyl (C=O) groups is 1. The first-order chi connectivity index (χ1) is 13.7. The second-order valence-electron chi connectivity index (χ2n) is 6.60. The van der Waals surface area contributed by atoms with Gasteiger partial charge in [0.25, 0.3) is 0 Å². The van der Waals surface area contributed by atoms with Crippen LogP contribution in [-0.4, -0.2) is 35.7 Å². The average molecular weight is 396 g/mol. The molecule has 0 aliphatic heterocycles. The summed E-state index contributed by atoms with van der Waals surface area (Å²) in [5.41, 5.74) is 1.98. The van der Waals surface area contributed by atoms with E-state index in [1.807, 2.05) is 61.7 Å². The predicted molar refractivity (Wildman–Crippen MR) is 117 cm³/mol. The van der Waals surface area contributed by atoms with Gasteiger partial charge in [0.2, 0.25) is 0 Å². The van der Waals surface area contributed by atoms with Gasteiger partial charge < -0.3 is 15.4 Å². The van der Waals surface area contributed by atoms with Gasteiger partial charge >= 0.3 is 6.03 Å². The lowest BCUT2D eigenvalue weighted by Crippen LogP contribution is -2.40. The van der Waals surface area contributed by atoms with E-state index in [1.54, 1.807) is 24.2 Å². The number of aryl methyl sites for hydroxylation is 1. The molecule has 0 fully saturated rings. The van der Waals surface area contributed by atoms with Crippen molar-refractivity contribution in [2.75, 3.05) is 23.9 Å². The molecule has 0 aliphatic rings. The van der Waals surface area contributed by atoms with E-state index in [4.69, 9.17) is 4.74 Å². The summed E-state index contributed by atoms with van der Waals surface area (Å²) in [6, 6.07) is 15.5. The Morgan fingerprint density at radius 3 is 2.79 bits per heavy atom. The summed E-state index contributed by atoms with van der Waals surface area (Å²) in [5.74, 6) is 1.67. The van der Waals surface area contributed by atoms with Crippen LogP contribution in [0.4, 0.5) is 10.5 Å². The molecule has 3 aromatic rings. The molecule has 3 rings (SSSR count). The third-order valence-electron chi connectivity index (χ3n) is 4.39. The minimum absolute atomic E-state index is 0.0251. The maximum atomic E-state index is 12.5. The molecule has 0 unspecified atom stereocenters. The second kappa shape index (κ2) is 9.99. The molecule has 5 nitrogen and oxygen atoms in total. The van der Waals surface area contributed by atoms with Crippen LogP contribution >= 0.6 is 11.8 Å². The molecule has 146 valence electrons. The van der Waals surface area contributed by atoms with Crippen LogP contribution < -0.4 is 15.4 Å². The van der Waals surface area contributed by atoms with Crippen molar-refractivity contribution in [3.63, 3.8) is 0 Å². The summed E-state index contributed by atoms with van der Waals surface area (Å²) in [6.07, 6.45) is 6.29. The Bertz CT molecular complexity index is 910. The lowest BCUT2D eigenvalue weighted by molar-refractivity contribution is 0.244. The van der Waals surface area contributed by atoms with Crippen molar-refractivity contribution >= 4 is 34.3 Å². The molecule has 0 spiro atoms. The molecule has 28 heavy (non-hydrogen) atoms. The third kappa shape index (κ3) is 5.63. The van der Waals surface area contributed by atoms with Crippen LogP contribution in [0, 0.1) is 6.92 Å². The van der Waals surface area contributed by atoms with Gasteiger partial charge in [0.15, 0.2) is 0 Å². The number of benzene rings is 2. The van der Waals surface area contributed by atoms with Crippen molar-refractivity contribution in [1.29, 1.82) is 0 Å². The van der Waals surface area contributed by atoms with Crippen LogP contribution in [0.5, 0.6) is 5.75 Å². The number of nitrogens with zero attached hydrogens (tertiary/aromatic N) is 1. The maximum Gasteiger partial charge on any atom is 0.319 e. The zero-order valence-corrected chi connectivity index (χ0v) is 17.0. The van der Waals surface area contributed by atoms with E-state index >= 15 is 0 Å². The summed E-state index contributed by atoms with van der Waals surface area (Å²) in [4.78, 5) is 16.6. The topological polar surface area (TPSA) is 63.2 Å². The normalized spacial score (nSPS) is 11.8. The zero-order valence-electron chi connectivity index (χ0n) is 16.1. The van der Waals surface area contributed by atoms with Crippen molar-refractivity contribution in [1.82, 2.24) is 10.3 Å². The third-order valence-corrected chi connectivity index (χ3v) is 5.12. The number of nitrogens with one attached hydrogen (secondary N) is 2. The Balaban J connectivity index is 1.55. The van der Waals surface area contributed by atoms with E-state index in [2.05, 4.69) is 15.6 Å². The molecule has 0 saturated heterocycles. The number of rotatable bonds is 8. The second-order valence-corrected chi connectivity index (χ2v) is 7.51. The van der Waals surface area contributed by atoms with Gasteiger partial charge in [-0.1, -0.05) is 29.8 Å². The quantitative estimate of drug-likeness (QED) is 0.571. The maximum absolute atomic E-state index is 12.5. The number of urea groups is 1. The van der Waals surface area contributed by atoms with E-state index in [0.717, 1.165) is 34.4 Å². The standard InChI is InChI=1S/C22H25N3O2S/c1-16-6-8-19(9-7-16)27-13-11-18(15-28-2)24-22(26)25-21-5-3-4-17-14-23-12-10-20(17)21/h3-10,12,14,18H,11,13,15H2,1-2H3,(H2,24,25,26)/t18-/m0/s1. The molecule has 0 saturated carbocycles. The Morgan fingerprint density at radius 1 is 1.18 bits per heavy atom.